The highest BCUT2D eigenvalue weighted by molar-refractivity contribution is 9.10. The molecule has 1 aliphatic rings. The zero-order valence-electron chi connectivity index (χ0n) is 10.0. The molecule has 5 heteroatoms. The maximum Gasteiger partial charge on any atom is 0.0881 e. The molecule has 1 heterocycles. The fourth-order valence-corrected chi connectivity index (χ4v) is 2.83. The van der Waals surface area contributed by atoms with E-state index in [2.05, 4.69) is 15.9 Å². The quantitative estimate of drug-likeness (QED) is 0.893. The molecule has 0 bridgehead atoms. The topological polar surface area (TPSA) is 55.5 Å². The van der Waals surface area contributed by atoms with Crippen molar-refractivity contribution in [3.05, 3.63) is 33.3 Å². The van der Waals surface area contributed by atoms with Gasteiger partial charge in [0, 0.05) is 23.0 Å². The summed E-state index contributed by atoms with van der Waals surface area (Å²) in [5.74, 6) is 0. The van der Waals surface area contributed by atoms with E-state index in [-0.39, 0.29) is 0 Å². The summed E-state index contributed by atoms with van der Waals surface area (Å²) in [6, 6.07) is 5.49. The number of ether oxygens (including phenoxy) is 1. The molecule has 18 heavy (non-hydrogen) atoms. The normalized spacial score (nSPS) is 26.0. The summed E-state index contributed by atoms with van der Waals surface area (Å²) < 4.78 is 6.31. The molecule has 1 saturated heterocycles. The van der Waals surface area contributed by atoms with Crippen molar-refractivity contribution in [2.45, 2.75) is 18.9 Å². The van der Waals surface area contributed by atoms with Gasteiger partial charge in [0.25, 0.3) is 0 Å². The van der Waals surface area contributed by atoms with Gasteiger partial charge in [-0.2, -0.15) is 0 Å². The molecule has 100 valence electrons. The van der Waals surface area contributed by atoms with Crippen LogP contribution < -0.4 is 5.73 Å². The fraction of sp³-hybridized carbons (Fsp3) is 0.538. The first-order chi connectivity index (χ1) is 8.59. The summed E-state index contributed by atoms with van der Waals surface area (Å²) in [5.41, 5.74) is 6.26. The van der Waals surface area contributed by atoms with Gasteiger partial charge >= 0.3 is 0 Å². The highest BCUT2D eigenvalue weighted by Crippen LogP contribution is 2.41. The number of halogens is 2. The van der Waals surface area contributed by atoms with Gasteiger partial charge in [0.1, 0.15) is 0 Å². The molecule has 0 aromatic heterocycles. The van der Waals surface area contributed by atoms with Crippen molar-refractivity contribution in [2.24, 2.45) is 11.1 Å². The molecule has 1 aliphatic heterocycles. The lowest BCUT2D eigenvalue weighted by Crippen LogP contribution is -2.43. The minimum absolute atomic E-state index is 0.393. The van der Waals surface area contributed by atoms with Crippen LogP contribution in [0.4, 0.5) is 0 Å². The molecule has 1 fully saturated rings. The van der Waals surface area contributed by atoms with Gasteiger partial charge in [0.05, 0.1) is 17.7 Å². The molecule has 0 saturated carbocycles. The largest absolute Gasteiger partial charge is 0.388 e. The van der Waals surface area contributed by atoms with Gasteiger partial charge in [-0.15, -0.1) is 0 Å². The number of hydrogen-bond acceptors (Lipinski definition) is 3. The monoisotopic (exact) mass is 333 g/mol. The first-order valence-electron chi connectivity index (χ1n) is 6.00. The number of benzene rings is 1. The molecule has 1 aromatic carbocycles. The Morgan fingerprint density at radius 3 is 2.89 bits per heavy atom. The smallest absolute Gasteiger partial charge is 0.0881 e. The predicted molar refractivity (Wildman–Crippen MR) is 75.7 cm³/mol. The van der Waals surface area contributed by atoms with Gasteiger partial charge in [-0.05, 0) is 46.5 Å². The molecule has 3 N–H and O–H groups in total. The van der Waals surface area contributed by atoms with Crippen molar-refractivity contribution in [3.8, 4) is 0 Å². The van der Waals surface area contributed by atoms with Gasteiger partial charge in [-0.3, -0.25) is 0 Å². The predicted octanol–water partition coefficient (Wildman–Crippen LogP) is 2.89. The van der Waals surface area contributed by atoms with Crippen LogP contribution in [0.5, 0.6) is 0 Å². The van der Waals surface area contributed by atoms with E-state index in [1.165, 1.54) is 0 Å². The summed E-state index contributed by atoms with van der Waals surface area (Å²) in [6.45, 7) is 1.65. The van der Waals surface area contributed by atoms with Crippen LogP contribution in [-0.2, 0) is 4.74 Å². The van der Waals surface area contributed by atoms with Crippen molar-refractivity contribution in [3.63, 3.8) is 0 Å². The number of rotatable bonds is 3. The molecular formula is C13H17BrClNO2. The van der Waals surface area contributed by atoms with E-state index in [9.17, 15) is 5.11 Å². The first kappa shape index (κ1) is 14.3. The second kappa shape index (κ2) is 5.88. The van der Waals surface area contributed by atoms with E-state index in [1.807, 2.05) is 12.1 Å². The number of aliphatic hydroxyl groups excluding tert-OH is 1. The van der Waals surface area contributed by atoms with Crippen molar-refractivity contribution in [1.82, 2.24) is 0 Å². The highest BCUT2D eigenvalue weighted by atomic mass is 79.9. The maximum absolute atomic E-state index is 10.6. The van der Waals surface area contributed by atoms with E-state index in [4.69, 9.17) is 22.1 Å². The SMILES string of the molecule is NCC1(C(O)c2ccc(Br)c(Cl)c2)CCCOC1. The second-order valence-corrected chi connectivity index (χ2v) is 6.06. The lowest BCUT2D eigenvalue weighted by atomic mass is 9.75. The van der Waals surface area contributed by atoms with E-state index in [0.717, 1.165) is 29.5 Å². The summed E-state index contributed by atoms with van der Waals surface area (Å²) >= 11 is 9.41. The van der Waals surface area contributed by atoms with Gasteiger partial charge in [-0.1, -0.05) is 17.7 Å². The summed E-state index contributed by atoms with van der Waals surface area (Å²) in [6.07, 6.45) is 1.16. The van der Waals surface area contributed by atoms with Crippen LogP contribution in [0.15, 0.2) is 22.7 Å². The highest BCUT2D eigenvalue weighted by Gasteiger charge is 2.39. The number of aliphatic hydroxyl groups is 1. The molecule has 2 unspecified atom stereocenters. The Hall–Kier alpha value is -0.130. The Morgan fingerprint density at radius 1 is 1.56 bits per heavy atom. The third-order valence-corrected chi connectivity index (χ3v) is 4.83. The van der Waals surface area contributed by atoms with Gasteiger partial charge in [0.2, 0.25) is 0 Å². The van der Waals surface area contributed by atoms with Crippen LogP contribution in [0.25, 0.3) is 0 Å². The van der Waals surface area contributed by atoms with Gasteiger partial charge < -0.3 is 15.6 Å². The Labute approximate surface area is 120 Å². The maximum atomic E-state index is 10.6. The Balaban J connectivity index is 2.27. The standard InChI is InChI=1S/C13H17BrClNO2/c14-10-3-2-9(6-11(10)15)12(17)13(7-16)4-1-5-18-8-13/h2-3,6,12,17H,1,4-5,7-8,16H2. The molecular weight excluding hydrogens is 318 g/mol. The number of nitrogens with two attached hydrogens (primary N) is 1. The van der Waals surface area contributed by atoms with Crippen molar-refractivity contribution in [1.29, 1.82) is 0 Å². The average Bonchev–Trinajstić information content (AvgIpc) is 2.42. The van der Waals surface area contributed by atoms with E-state index < -0.39 is 11.5 Å². The Bertz CT molecular complexity index is 421. The fourth-order valence-electron chi connectivity index (χ4n) is 2.40. The van der Waals surface area contributed by atoms with E-state index in [0.29, 0.717) is 18.2 Å². The lowest BCUT2D eigenvalue weighted by Gasteiger charge is -2.40. The zero-order valence-corrected chi connectivity index (χ0v) is 12.4. The molecule has 0 aliphatic carbocycles. The molecule has 0 radical (unpaired) electrons. The zero-order chi connectivity index (χ0) is 13.2. The third-order valence-electron chi connectivity index (χ3n) is 3.60. The van der Waals surface area contributed by atoms with E-state index >= 15 is 0 Å². The van der Waals surface area contributed by atoms with Crippen molar-refractivity contribution in [2.75, 3.05) is 19.8 Å². The van der Waals surface area contributed by atoms with Crippen molar-refractivity contribution >= 4 is 27.5 Å². The minimum atomic E-state index is -0.645. The molecule has 2 atom stereocenters. The van der Waals surface area contributed by atoms with Crippen LogP contribution >= 0.6 is 27.5 Å². The van der Waals surface area contributed by atoms with Crippen LogP contribution in [0.3, 0.4) is 0 Å². The van der Waals surface area contributed by atoms with Crippen molar-refractivity contribution < 1.29 is 9.84 Å². The summed E-state index contributed by atoms with van der Waals surface area (Å²) in [5, 5.41) is 11.2. The molecule has 3 nitrogen and oxygen atoms in total. The summed E-state index contributed by atoms with van der Waals surface area (Å²) in [4.78, 5) is 0. The Kier molecular flexibility index (Phi) is 4.67. The molecule has 0 spiro atoms. The first-order valence-corrected chi connectivity index (χ1v) is 7.17. The summed E-state index contributed by atoms with van der Waals surface area (Å²) in [7, 11) is 0. The van der Waals surface area contributed by atoms with Crippen LogP contribution in [0, 0.1) is 5.41 Å². The Morgan fingerprint density at radius 2 is 2.33 bits per heavy atom. The average molecular weight is 335 g/mol. The van der Waals surface area contributed by atoms with Gasteiger partial charge in [-0.25, -0.2) is 0 Å². The van der Waals surface area contributed by atoms with Crippen LogP contribution in [0.2, 0.25) is 5.02 Å². The molecule has 1 aromatic rings. The molecule has 2 rings (SSSR count). The van der Waals surface area contributed by atoms with Crippen LogP contribution in [0.1, 0.15) is 24.5 Å². The lowest BCUT2D eigenvalue weighted by molar-refractivity contribution is -0.0781. The molecule has 0 amide bonds. The number of hydrogen-bond donors (Lipinski definition) is 2. The van der Waals surface area contributed by atoms with Crippen LogP contribution in [-0.4, -0.2) is 24.9 Å². The third kappa shape index (κ3) is 2.73. The minimum Gasteiger partial charge on any atom is -0.388 e. The van der Waals surface area contributed by atoms with E-state index in [1.54, 1.807) is 6.07 Å². The second-order valence-electron chi connectivity index (χ2n) is 4.80. The van der Waals surface area contributed by atoms with Gasteiger partial charge in [0.15, 0.2) is 0 Å².